The van der Waals surface area contributed by atoms with E-state index in [1.54, 1.807) is 29.6 Å². The van der Waals surface area contributed by atoms with Crippen molar-refractivity contribution in [2.75, 3.05) is 12.4 Å². The Morgan fingerprint density at radius 3 is 2.43 bits per heavy atom. The zero-order valence-corrected chi connectivity index (χ0v) is 13.1. The minimum Gasteiger partial charge on any atom is -0.465 e. The second-order valence-electron chi connectivity index (χ2n) is 4.28. The molecule has 0 aliphatic carbocycles. The van der Waals surface area contributed by atoms with Crippen molar-refractivity contribution in [1.82, 2.24) is 0 Å². The largest absolute Gasteiger partial charge is 0.471 e. The van der Waals surface area contributed by atoms with E-state index >= 15 is 0 Å². The van der Waals surface area contributed by atoms with Crippen molar-refractivity contribution in [3.8, 4) is 11.1 Å². The van der Waals surface area contributed by atoms with Gasteiger partial charge >= 0.3 is 18.1 Å². The van der Waals surface area contributed by atoms with Crippen LogP contribution in [-0.4, -0.2) is 25.2 Å². The van der Waals surface area contributed by atoms with E-state index < -0.39 is 18.1 Å². The number of benzene rings is 1. The first kappa shape index (κ1) is 17.3. The molecule has 2 aromatic rings. The van der Waals surface area contributed by atoms with Crippen molar-refractivity contribution in [3.05, 3.63) is 40.2 Å². The van der Waals surface area contributed by atoms with Crippen LogP contribution < -0.4 is 5.32 Å². The molecule has 0 radical (unpaired) electrons. The van der Waals surface area contributed by atoms with Crippen molar-refractivity contribution in [1.29, 1.82) is 0 Å². The predicted molar refractivity (Wildman–Crippen MR) is 80.8 cm³/mol. The topological polar surface area (TPSA) is 55.4 Å². The van der Waals surface area contributed by atoms with Crippen molar-refractivity contribution >= 4 is 39.8 Å². The summed E-state index contributed by atoms with van der Waals surface area (Å²) < 4.78 is 41.8. The number of rotatable bonds is 3. The van der Waals surface area contributed by atoms with Gasteiger partial charge in [-0.3, -0.25) is 4.79 Å². The van der Waals surface area contributed by atoms with Gasteiger partial charge in [0, 0.05) is 21.5 Å². The van der Waals surface area contributed by atoms with E-state index in [4.69, 9.17) is 11.6 Å². The van der Waals surface area contributed by atoms with E-state index in [9.17, 15) is 22.8 Å². The van der Waals surface area contributed by atoms with Gasteiger partial charge in [0.2, 0.25) is 0 Å². The maximum Gasteiger partial charge on any atom is 0.471 e. The van der Waals surface area contributed by atoms with Crippen LogP contribution in [0.2, 0.25) is 5.02 Å². The number of thiophene rings is 1. The van der Waals surface area contributed by atoms with E-state index in [1.165, 1.54) is 5.38 Å². The molecule has 122 valence electrons. The number of carbonyl (C=O) groups is 2. The molecule has 0 saturated heterocycles. The molecule has 9 heteroatoms. The Bertz CT molecular complexity index is 758. The molecule has 2 rings (SSSR count). The monoisotopic (exact) mass is 363 g/mol. The summed E-state index contributed by atoms with van der Waals surface area (Å²) >= 11 is 6.83. The molecule has 0 saturated carbocycles. The summed E-state index contributed by atoms with van der Waals surface area (Å²) in [6.45, 7) is 0. The lowest BCUT2D eigenvalue weighted by atomic mass is 10.0. The Labute approximate surface area is 137 Å². The lowest BCUT2D eigenvalue weighted by Gasteiger charge is -2.09. The van der Waals surface area contributed by atoms with Crippen molar-refractivity contribution < 1.29 is 27.5 Å². The van der Waals surface area contributed by atoms with Gasteiger partial charge in [0.15, 0.2) is 0 Å². The molecule has 0 aliphatic heterocycles. The van der Waals surface area contributed by atoms with Crippen LogP contribution in [0.15, 0.2) is 29.6 Å². The van der Waals surface area contributed by atoms with Crippen LogP contribution in [0.5, 0.6) is 0 Å². The summed E-state index contributed by atoms with van der Waals surface area (Å²) in [5.41, 5.74) is 0.548. The van der Waals surface area contributed by atoms with Gasteiger partial charge in [-0.25, -0.2) is 4.79 Å². The van der Waals surface area contributed by atoms with E-state index in [0.29, 0.717) is 10.6 Å². The molecule has 0 fully saturated rings. The van der Waals surface area contributed by atoms with Gasteiger partial charge in [0.25, 0.3) is 0 Å². The fraction of sp³-hybridized carbons (Fsp3) is 0.143. The molecule has 0 bridgehead atoms. The number of nitrogens with one attached hydrogen (secondary N) is 1. The second kappa shape index (κ2) is 6.59. The normalized spacial score (nSPS) is 11.2. The number of carbonyl (C=O) groups excluding carboxylic acids is 2. The summed E-state index contributed by atoms with van der Waals surface area (Å²) in [7, 11) is 1.09. The zero-order chi connectivity index (χ0) is 17.2. The van der Waals surface area contributed by atoms with E-state index in [0.717, 1.165) is 18.4 Å². The number of hydrogen-bond donors (Lipinski definition) is 1. The Kier molecular flexibility index (Phi) is 4.96. The standard InChI is InChI=1S/C14H9ClF3NO3S/c1-22-12(20)10-8(7-4-2-3-5-9(7)15)6-23-11(10)19-13(21)14(16,17)18/h2-6H,1H3,(H,19,21). The number of anilines is 1. The van der Waals surface area contributed by atoms with Crippen LogP contribution in [0.1, 0.15) is 10.4 Å². The van der Waals surface area contributed by atoms with Crippen LogP contribution in [-0.2, 0) is 9.53 Å². The molecule has 0 spiro atoms. The SMILES string of the molecule is COC(=O)c1c(-c2ccccc2Cl)csc1NC(=O)C(F)(F)F. The number of amides is 1. The first-order valence-electron chi connectivity index (χ1n) is 6.08. The van der Waals surface area contributed by atoms with Gasteiger partial charge in [-0.05, 0) is 6.07 Å². The number of ether oxygens (including phenoxy) is 1. The molecule has 1 aromatic heterocycles. The fourth-order valence-electron chi connectivity index (χ4n) is 1.81. The quantitative estimate of drug-likeness (QED) is 0.824. The first-order chi connectivity index (χ1) is 10.8. The zero-order valence-electron chi connectivity index (χ0n) is 11.5. The lowest BCUT2D eigenvalue weighted by Crippen LogP contribution is -2.30. The molecule has 1 aromatic carbocycles. The summed E-state index contributed by atoms with van der Waals surface area (Å²) in [6, 6.07) is 6.51. The van der Waals surface area contributed by atoms with Crippen LogP contribution >= 0.6 is 22.9 Å². The van der Waals surface area contributed by atoms with Gasteiger partial charge in [-0.15, -0.1) is 11.3 Å². The summed E-state index contributed by atoms with van der Waals surface area (Å²) in [5, 5.41) is 3.17. The molecule has 4 nitrogen and oxygen atoms in total. The molecular formula is C14H9ClF3NO3S. The number of alkyl halides is 3. The average Bonchev–Trinajstić information content (AvgIpc) is 2.89. The smallest absolute Gasteiger partial charge is 0.465 e. The minimum atomic E-state index is -5.07. The molecule has 1 heterocycles. The Morgan fingerprint density at radius 1 is 1.22 bits per heavy atom. The highest BCUT2D eigenvalue weighted by Gasteiger charge is 2.40. The highest BCUT2D eigenvalue weighted by molar-refractivity contribution is 7.15. The average molecular weight is 364 g/mol. The van der Waals surface area contributed by atoms with Crippen molar-refractivity contribution in [2.24, 2.45) is 0 Å². The third-order valence-electron chi connectivity index (χ3n) is 2.83. The highest BCUT2D eigenvalue weighted by atomic mass is 35.5. The molecular weight excluding hydrogens is 355 g/mol. The Morgan fingerprint density at radius 2 is 1.87 bits per heavy atom. The van der Waals surface area contributed by atoms with E-state index in [2.05, 4.69) is 4.74 Å². The summed E-state index contributed by atoms with van der Waals surface area (Å²) in [5.74, 6) is -3.05. The molecule has 0 unspecified atom stereocenters. The first-order valence-corrected chi connectivity index (χ1v) is 7.34. The number of halogens is 4. The van der Waals surface area contributed by atoms with Crippen molar-refractivity contribution in [2.45, 2.75) is 6.18 Å². The summed E-state index contributed by atoms with van der Waals surface area (Å²) in [6.07, 6.45) is -5.07. The maximum absolute atomic E-state index is 12.4. The number of methoxy groups -OCH3 is 1. The van der Waals surface area contributed by atoms with Gasteiger partial charge < -0.3 is 10.1 Å². The molecule has 1 amide bonds. The predicted octanol–water partition coefficient (Wildman–Crippen LogP) is 4.36. The molecule has 23 heavy (non-hydrogen) atoms. The van der Waals surface area contributed by atoms with Gasteiger partial charge in [-0.1, -0.05) is 29.8 Å². The second-order valence-corrected chi connectivity index (χ2v) is 5.56. The Hall–Kier alpha value is -2.06. The van der Waals surface area contributed by atoms with E-state index in [1.807, 2.05) is 0 Å². The molecule has 0 atom stereocenters. The van der Waals surface area contributed by atoms with Gasteiger partial charge in [-0.2, -0.15) is 13.2 Å². The van der Waals surface area contributed by atoms with Crippen LogP contribution in [0.4, 0.5) is 18.2 Å². The van der Waals surface area contributed by atoms with E-state index in [-0.39, 0.29) is 16.1 Å². The van der Waals surface area contributed by atoms with Crippen molar-refractivity contribution in [3.63, 3.8) is 0 Å². The third-order valence-corrected chi connectivity index (χ3v) is 4.05. The molecule has 0 aliphatic rings. The fourth-order valence-corrected chi connectivity index (χ4v) is 2.99. The molecule has 1 N–H and O–H groups in total. The highest BCUT2D eigenvalue weighted by Crippen LogP contribution is 2.39. The van der Waals surface area contributed by atoms with Crippen LogP contribution in [0.3, 0.4) is 0 Å². The minimum absolute atomic E-state index is 0.178. The van der Waals surface area contributed by atoms with Crippen LogP contribution in [0.25, 0.3) is 11.1 Å². The van der Waals surface area contributed by atoms with Gasteiger partial charge in [0.05, 0.1) is 7.11 Å². The number of hydrogen-bond acceptors (Lipinski definition) is 4. The summed E-state index contributed by atoms with van der Waals surface area (Å²) in [4.78, 5) is 23.0. The maximum atomic E-state index is 12.4. The number of esters is 1. The van der Waals surface area contributed by atoms with Gasteiger partial charge in [0.1, 0.15) is 10.6 Å². The third kappa shape index (κ3) is 3.65. The lowest BCUT2D eigenvalue weighted by molar-refractivity contribution is -0.167. The van der Waals surface area contributed by atoms with Crippen LogP contribution in [0, 0.1) is 0 Å². The Balaban J connectivity index is 2.52.